The van der Waals surface area contributed by atoms with Gasteiger partial charge in [-0.1, -0.05) is 54.5 Å². The highest BCUT2D eigenvalue weighted by Crippen LogP contribution is 2.59. The zero-order valence-corrected chi connectivity index (χ0v) is 15.9. The number of hydrogen-bond acceptors (Lipinski definition) is 2. The minimum absolute atomic E-state index is 0.0869. The number of nitrogens with zero attached hydrogens (tertiary/aromatic N) is 1. The fourth-order valence-electron chi connectivity index (χ4n) is 4.06. The van der Waals surface area contributed by atoms with Crippen molar-refractivity contribution in [2.45, 2.75) is 25.8 Å². The number of carbonyl (C=O) groups excluding carboxylic acids is 2. The lowest BCUT2D eigenvalue weighted by atomic mass is 9.90. The summed E-state index contributed by atoms with van der Waals surface area (Å²) in [5.74, 6) is 5.79. The van der Waals surface area contributed by atoms with Crippen molar-refractivity contribution in [3.05, 3.63) is 71.8 Å². The lowest BCUT2D eigenvalue weighted by Crippen LogP contribution is -2.40. The molecule has 1 atom stereocenters. The molecule has 2 amide bonds. The molecule has 1 saturated carbocycles. The van der Waals surface area contributed by atoms with E-state index in [2.05, 4.69) is 17.2 Å². The Morgan fingerprint density at radius 1 is 1.00 bits per heavy atom. The third-order valence-corrected chi connectivity index (χ3v) is 5.95. The summed E-state index contributed by atoms with van der Waals surface area (Å²) < 4.78 is 0. The number of amides is 2. The van der Waals surface area contributed by atoms with Crippen LogP contribution in [0.25, 0.3) is 0 Å². The average molecular weight is 372 g/mol. The van der Waals surface area contributed by atoms with Gasteiger partial charge in [-0.15, -0.1) is 0 Å². The second kappa shape index (κ2) is 7.90. The normalized spacial score (nSPS) is 19.4. The van der Waals surface area contributed by atoms with Crippen molar-refractivity contribution in [3.8, 4) is 11.8 Å². The number of rotatable bonds is 3. The first-order valence-electron chi connectivity index (χ1n) is 9.84. The fourth-order valence-corrected chi connectivity index (χ4v) is 4.06. The molecule has 1 spiro atoms. The summed E-state index contributed by atoms with van der Waals surface area (Å²) in [7, 11) is 0. The molecule has 2 fully saturated rings. The van der Waals surface area contributed by atoms with E-state index < -0.39 is 0 Å². The van der Waals surface area contributed by atoms with Gasteiger partial charge >= 0.3 is 0 Å². The Hall–Kier alpha value is -3.06. The Kier molecular flexibility index (Phi) is 5.16. The van der Waals surface area contributed by atoms with Gasteiger partial charge in [-0.25, -0.2) is 0 Å². The van der Waals surface area contributed by atoms with E-state index in [1.165, 1.54) is 0 Å². The van der Waals surface area contributed by atoms with Crippen molar-refractivity contribution >= 4 is 11.8 Å². The van der Waals surface area contributed by atoms with Gasteiger partial charge in [-0.05, 0) is 42.4 Å². The summed E-state index contributed by atoms with van der Waals surface area (Å²) in [5, 5.41) is 3.06. The third kappa shape index (κ3) is 4.09. The number of piperidine rings is 1. The maximum Gasteiger partial charge on any atom is 0.298 e. The van der Waals surface area contributed by atoms with E-state index in [-0.39, 0.29) is 23.1 Å². The third-order valence-electron chi connectivity index (χ3n) is 5.95. The summed E-state index contributed by atoms with van der Waals surface area (Å²) in [5.41, 5.74) is 2.05. The van der Waals surface area contributed by atoms with Crippen molar-refractivity contribution < 1.29 is 9.59 Å². The highest BCUT2D eigenvalue weighted by atomic mass is 16.2. The molecule has 4 nitrogen and oxygen atoms in total. The molecule has 142 valence electrons. The molecule has 1 saturated heterocycles. The largest absolute Gasteiger partial charge is 0.352 e. The first-order chi connectivity index (χ1) is 13.7. The van der Waals surface area contributed by atoms with Gasteiger partial charge in [0.1, 0.15) is 0 Å². The first kappa shape index (κ1) is 18.3. The number of nitrogens with one attached hydrogen (secondary N) is 1. The molecule has 0 radical (unpaired) electrons. The lowest BCUT2D eigenvalue weighted by molar-refractivity contribution is -0.127. The van der Waals surface area contributed by atoms with Gasteiger partial charge in [0.05, 0.1) is 0 Å². The van der Waals surface area contributed by atoms with Crippen LogP contribution in [0.15, 0.2) is 60.7 Å². The van der Waals surface area contributed by atoms with Crippen molar-refractivity contribution in [2.24, 2.45) is 11.3 Å². The van der Waals surface area contributed by atoms with E-state index in [0.29, 0.717) is 19.6 Å². The van der Waals surface area contributed by atoms with E-state index >= 15 is 0 Å². The number of carbonyl (C=O) groups is 2. The van der Waals surface area contributed by atoms with Gasteiger partial charge in [0, 0.05) is 37.0 Å². The predicted octanol–water partition coefficient (Wildman–Crippen LogP) is 2.98. The smallest absolute Gasteiger partial charge is 0.298 e. The molecule has 1 aliphatic carbocycles. The molecule has 2 aromatic carbocycles. The number of benzene rings is 2. The van der Waals surface area contributed by atoms with Gasteiger partial charge in [0.15, 0.2) is 0 Å². The molecule has 1 N–H and O–H groups in total. The highest BCUT2D eigenvalue weighted by Gasteiger charge is 2.58. The minimum Gasteiger partial charge on any atom is -0.352 e. The molecule has 1 aliphatic heterocycles. The van der Waals surface area contributed by atoms with E-state index in [9.17, 15) is 9.59 Å². The summed E-state index contributed by atoms with van der Waals surface area (Å²) in [6.45, 7) is 1.95. The lowest BCUT2D eigenvalue weighted by Gasteiger charge is -2.31. The van der Waals surface area contributed by atoms with Crippen LogP contribution in [0, 0.1) is 23.2 Å². The predicted molar refractivity (Wildman–Crippen MR) is 108 cm³/mol. The van der Waals surface area contributed by atoms with Crippen LogP contribution in [-0.4, -0.2) is 29.8 Å². The molecular formula is C24H24N2O2. The van der Waals surface area contributed by atoms with Gasteiger partial charge in [0.2, 0.25) is 5.91 Å². The van der Waals surface area contributed by atoms with Crippen LogP contribution >= 0.6 is 0 Å². The SMILES string of the molecule is O=C(NCc1ccccc1)[C@H]1CC12CCN(C(=O)C#Cc1ccccc1)CC2. The Balaban J connectivity index is 1.26. The van der Waals surface area contributed by atoms with Crippen LogP contribution < -0.4 is 5.32 Å². The number of likely N-dealkylation sites (tertiary alicyclic amines) is 1. The van der Waals surface area contributed by atoms with Gasteiger partial charge in [-0.3, -0.25) is 9.59 Å². The molecule has 2 aliphatic rings. The monoisotopic (exact) mass is 372 g/mol. The van der Waals surface area contributed by atoms with Gasteiger partial charge in [0.25, 0.3) is 5.91 Å². The van der Waals surface area contributed by atoms with Crippen molar-refractivity contribution in [3.63, 3.8) is 0 Å². The molecular weight excluding hydrogens is 348 g/mol. The molecule has 1 heterocycles. The van der Waals surface area contributed by atoms with Crippen LogP contribution in [0.1, 0.15) is 30.4 Å². The van der Waals surface area contributed by atoms with Crippen LogP contribution in [-0.2, 0) is 16.1 Å². The number of hydrogen-bond donors (Lipinski definition) is 1. The Morgan fingerprint density at radius 3 is 2.32 bits per heavy atom. The molecule has 4 rings (SSSR count). The second-order valence-corrected chi connectivity index (χ2v) is 7.73. The minimum atomic E-state index is -0.121. The summed E-state index contributed by atoms with van der Waals surface area (Å²) >= 11 is 0. The standard InChI is InChI=1S/C24H24N2O2/c27-22(12-11-19-7-3-1-4-8-19)26-15-13-24(14-16-26)17-21(24)23(28)25-18-20-9-5-2-6-10-20/h1-10,21H,13-18H2,(H,25,28)/t21-/m1/s1. The Morgan fingerprint density at radius 2 is 1.64 bits per heavy atom. The van der Waals surface area contributed by atoms with E-state index in [1.54, 1.807) is 0 Å². The fraction of sp³-hybridized carbons (Fsp3) is 0.333. The molecule has 0 aromatic heterocycles. The maximum absolute atomic E-state index is 12.5. The van der Waals surface area contributed by atoms with E-state index in [4.69, 9.17) is 0 Å². The van der Waals surface area contributed by atoms with E-state index in [1.807, 2.05) is 65.6 Å². The zero-order chi connectivity index (χ0) is 19.4. The molecule has 0 bridgehead atoms. The Labute approximate surface area is 165 Å². The zero-order valence-electron chi connectivity index (χ0n) is 15.9. The van der Waals surface area contributed by atoms with Crippen LogP contribution in [0.5, 0.6) is 0 Å². The van der Waals surface area contributed by atoms with E-state index in [0.717, 1.165) is 30.4 Å². The Bertz CT molecular complexity index is 904. The van der Waals surface area contributed by atoms with Crippen molar-refractivity contribution in [1.29, 1.82) is 0 Å². The summed E-state index contributed by atoms with van der Waals surface area (Å²) in [4.78, 5) is 26.7. The second-order valence-electron chi connectivity index (χ2n) is 7.73. The quantitative estimate of drug-likeness (QED) is 0.842. The van der Waals surface area contributed by atoms with Gasteiger partial charge in [-0.2, -0.15) is 0 Å². The first-order valence-corrected chi connectivity index (χ1v) is 9.84. The van der Waals surface area contributed by atoms with Crippen LogP contribution in [0.4, 0.5) is 0 Å². The maximum atomic E-state index is 12.5. The molecule has 4 heteroatoms. The highest BCUT2D eigenvalue weighted by molar-refractivity contribution is 5.94. The van der Waals surface area contributed by atoms with Gasteiger partial charge < -0.3 is 10.2 Å². The van der Waals surface area contributed by atoms with Crippen molar-refractivity contribution in [2.75, 3.05) is 13.1 Å². The average Bonchev–Trinajstić information content (AvgIpc) is 3.45. The molecule has 0 unspecified atom stereocenters. The molecule has 28 heavy (non-hydrogen) atoms. The van der Waals surface area contributed by atoms with Crippen LogP contribution in [0.2, 0.25) is 0 Å². The van der Waals surface area contributed by atoms with Crippen LogP contribution in [0.3, 0.4) is 0 Å². The topological polar surface area (TPSA) is 49.4 Å². The molecule has 2 aromatic rings. The summed E-state index contributed by atoms with van der Waals surface area (Å²) in [6.07, 6.45) is 2.70. The van der Waals surface area contributed by atoms with Crippen molar-refractivity contribution in [1.82, 2.24) is 10.2 Å². The summed E-state index contributed by atoms with van der Waals surface area (Å²) in [6, 6.07) is 19.5.